The third-order valence-corrected chi connectivity index (χ3v) is 8.15. The maximum Gasteiger partial charge on any atom is 0.220 e. The van der Waals surface area contributed by atoms with Gasteiger partial charge in [0, 0.05) is 49.6 Å². The summed E-state index contributed by atoms with van der Waals surface area (Å²) in [6.45, 7) is 21.1. The van der Waals surface area contributed by atoms with E-state index in [2.05, 4.69) is 72.0 Å². The Labute approximate surface area is 271 Å². The summed E-state index contributed by atoms with van der Waals surface area (Å²) in [7, 11) is 1.71. The summed E-state index contributed by atoms with van der Waals surface area (Å²) in [6.07, 6.45) is 6.62. The molecule has 3 rings (SSSR count). The predicted octanol–water partition coefficient (Wildman–Crippen LogP) is 7.31. The fourth-order valence-electron chi connectivity index (χ4n) is 5.73. The number of nitrogens with zero attached hydrogens (tertiary/aromatic N) is 2. The van der Waals surface area contributed by atoms with Gasteiger partial charge in [-0.2, -0.15) is 0 Å². The Morgan fingerprint density at radius 1 is 1.09 bits per heavy atom. The Morgan fingerprint density at radius 2 is 1.82 bits per heavy atom. The van der Waals surface area contributed by atoms with Gasteiger partial charge >= 0.3 is 0 Å². The van der Waals surface area contributed by atoms with Crippen molar-refractivity contribution >= 4 is 17.2 Å². The Kier molecular flexibility index (Phi) is 15.2. The normalized spacial score (nSPS) is 14.5. The molecule has 0 spiro atoms. The van der Waals surface area contributed by atoms with Gasteiger partial charge in [0.1, 0.15) is 18.1 Å². The number of nitrogens with one attached hydrogen (secondary N) is 1. The Bertz CT molecular complexity index is 1290. The fourth-order valence-corrected chi connectivity index (χ4v) is 5.73. The van der Waals surface area contributed by atoms with Crippen molar-refractivity contribution < 1.29 is 19.0 Å². The SMILES string of the molecule is C=C(C)/C(=C(/C)OC)c1ccc(N(CCN2CCOCC2)/C(=C/CC)CCc2ccc(OCCNC(=O)CCC)cc2)c(C)c1. The molecule has 1 aliphatic rings. The highest BCUT2D eigenvalue weighted by atomic mass is 16.5. The summed E-state index contributed by atoms with van der Waals surface area (Å²) in [5.74, 6) is 1.77. The molecule has 7 nitrogen and oxygen atoms in total. The fraction of sp³-hybridized carbons (Fsp3) is 0.500. The molecule has 2 aromatic rings. The standard InChI is InChI=1S/C38H55N3O4/c1-8-10-34(16-12-32-13-17-35(18-14-32)45-25-20-39-37(42)11-9-2)41(22-21-40-23-26-44-27-24-40)36-19-15-33(28-30(36)5)38(29(3)4)31(6)43-7/h10,13-15,17-19,28H,3,8-9,11-12,16,20-27H2,1-2,4-7H3,(H,39,42)/b34-10+,38-31+. The lowest BCUT2D eigenvalue weighted by Gasteiger charge is -2.34. The molecule has 7 heteroatoms. The van der Waals surface area contributed by atoms with E-state index in [0.29, 0.717) is 19.6 Å². The molecule has 1 aliphatic heterocycles. The van der Waals surface area contributed by atoms with E-state index < -0.39 is 0 Å². The van der Waals surface area contributed by atoms with E-state index in [9.17, 15) is 4.79 Å². The first-order valence-electron chi connectivity index (χ1n) is 16.5. The van der Waals surface area contributed by atoms with Crippen LogP contribution < -0.4 is 15.0 Å². The van der Waals surface area contributed by atoms with Crippen molar-refractivity contribution in [2.24, 2.45) is 0 Å². The molecule has 0 saturated carbocycles. The van der Waals surface area contributed by atoms with Gasteiger partial charge in [0.05, 0.1) is 26.9 Å². The molecule has 1 saturated heterocycles. The van der Waals surface area contributed by atoms with E-state index in [0.717, 1.165) is 93.3 Å². The van der Waals surface area contributed by atoms with Crippen LogP contribution in [0.3, 0.4) is 0 Å². The molecule has 0 unspecified atom stereocenters. The topological polar surface area (TPSA) is 63.3 Å². The number of amides is 1. The maximum absolute atomic E-state index is 11.7. The number of hydrogen-bond donors (Lipinski definition) is 1. The lowest BCUT2D eigenvalue weighted by molar-refractivity contribution is -0.121. The molecule has 0 radical (unpaired) electrons. The molecule has 0 atom stereocenters. The molecule has 0 aliphatic carbocycles. The second-order valence-electron chi connectivity index (χ2n) is 11.7. The lowest BCUT2D eigenvalue weighted by Crippen LogP contribution is -2.41. The molecule has 1 fully saturated rings. The summed E-state index contributed by atoms with van der Waals surface area (Å²) in [4.78, 5) is 16.7. The average molecular weight is 618 g/mol. The first-order chi connectivity index (χ1) is 21.8. The van der Waals surface area contributed by atoms with Crippen LogP contribution in [0.15, 0.2) is 72.1 Å². The number of anilines is 1. The number of carbonyl (C=O) groups is 1. The first-order valence-corrected chi connectivity index (χ1v) is 16.5. The number of allylic oxidation sites excluding steroid dienone is 5. The van der Waals surface area contributed by atoms with Crippen molar-refractivity contribution in [1.29, 1.82) is 0 Å². The Hall–Kier alpha value is -3.55. The summed E-state index contributed by atoms with van der Waals surface area (Å²) in [5.41, 5.74) is 8.25. The van der Waals surface area contributed by atoms with Crippen LogP contribution in [0.4, 0.5) is 5.69 Å². The molecule has 1 amide bonds. The molecule has 1 N–H and O–H groups in total. The third-order valence-electron chi connectivity index (χ3n) is 8.15. The van der Waals surface area contributed by atoms with Crippen LogP contribution in [0.1, 0.15) is 70.1 Å². The molecular formula is C38H55N3O4. The van der Waals surface area contributed by atoms with Crippen LogP contribution in [-0.4, -0.2) is 70.5 Å². The number of aryl methyl sites for hydroxylation is 2. The summed E-state index contributed by atoms with van der Waals surface area (Å²) in [6, 6.07) is 15.1. The van der Waals surface area contributed by atoms with Gasteiger partial charge in [-0.1, -0.05) is 44.7 Å². The second kappa shape index (κ2) is 19.1. The molecule has 0 aromatic heterocycles. The van der Waals surface area contributed by atoms with Gasteiger partial charge in [0.15, 0.2) is 0 Å². The predicted molar refractivity (Wildman–Crippen MR) is 187 cm³/mol. The molecular weight excluding hydrogens is 562 g/mol. The Balaban J connectivity index is 1.77. The van der Waals surface area contributed by atoms with Crippen LogP contribution in [0.25, 0.3) is 5.57 Å². The minimum atomic E-state index is 0.0761. The van der Waals surface area contributed by atoms with E-state index in [1.54, 1.807) is 7.11 Å². The van der Waals surface area contributed by atoms with Crippen LogP contribution in [0.2, 0.25) is 0 Å². The van der Waals surface area contributed by atoms with Crippen LogP contribution in [0.5, 0.6) is 5.75 Å². The zero-order chi connectivity index (χ0) is 32.6. The molecule has 1 heterocycles. The molecule has 246 valence electrons. The first kappa shape index (κ1) is 35.9. The van der Waals surface area contributed by atoms with Gasteiger partial charge in [-0.15, -0.1) is 0 Å². The van der Waals surface area contributed by atoms with Crippen molar-refractivity contribution in [3.05, 3.63) is 88.8 Å². The van der Waals surface area contributed by atoms with Gasteiger partial charge < -0.3 is 24.4 Å². The van der Waals surface area contributed by atoms with Crippen LogP contribution in [-0.2, 0) is 20.7 Å². The number of carbonyl (C=O) groups excluding carboxylic acids is 1. The quantitative estimate of drug-likeness (QED) is 0.108. The van der Waals surface area contributed by atoms with Crippen LogP contribution >= 0.6 is 0 Å². The number of methoxy groups -OCH3 is 1. The summed E-state index contributed by atoms with van der Waals surface area (Å²) >= 11 is 0. The van der Waals surface area contributed by atoms with E-state index in [1.165, 1.54) is 22.5 Å². The third kappa shape index (κ3) is 11.4. The van der Waals surface area contributed by atoms with Gasteiger partial charge in [0.2, 0.25) is 5.91 Å². The zero-order valence-corrected chi connectivity index (χ0v) is 28.5. The highest BCUT2D eigenvalue weighted by Gasteiger charge is 2.19. The average Bonchev–Trinajstić information content (AvgIpc) is 3.03. The minimum Gasteiger partial charge on any atom is -0.501 e. The summed E-state index contributed by atoms with van der Waals surface area (Å²) in [5, 5.41) is 2.89. The van der Waals surface area contributed by atoms with E-state index in [1.807, 2.05) is 32.9 Å². The maximum atomic E-state index is 11.7. The van der Waals surface area contributed by atoms with E-state index >= 15 is 0 Å². The molecule has 2 aromatic carbocycles. The molecule has 0 bridgehead atoms. The van der Waals surface area contributed by atoms with Crippen molar-refractivity contribution in [3.8, 4) is 5.75 Å². The number of morpholine rings is 1. The smallest absolute Gasteiger partial charge is 0.220 e. The number of benzene rings is 2. The highest BCUT2D eigenvalue weighted by Crippen LogP contribution is 2.32. The minimum absolute atomic E-state index is 0.0761. The van der Waals surface area contributed by atoms with Crippen molar-refractivity contribution in [2.45, 2.75) is 66.7 Å². The number of hydrogen-bond acceptors (Lipinski definition) is 6. The second-order valence-corrected chi connectivity index (χ2v) is 11.7. The monoisotopic (exact) mass is 617 g/mol. The van der Waals surface area contributed by atoms with E-state index in [-0.39, 0.29) is 5.91 Å². The van der Waals surface area contributed by atoms with Crippen molar-refractivity contribution in [1.82, 2.24) is 10.2 Å². The van der Waals surface area contributed by atoms with Gasteiger partial charge in [-0.3, -0.25) is 9.69 Å². The zero-order valence-electron chi connectivity index (χ0n) is 28.5. The van der Waals surface area contributed by atoms with Crippen molar-refractivity contribution in [2.75, 3.05) is 64.6 Å². The Morgan fingerprint density at radius 3 is 2.44 bits per heavy atom. The van der Waals surface area contributed by atoms with Crippen molar-refractivity contribution in [3.63, 3.8) is 0 Å². The largest absolute Gasteiger partial charge is 0.501 e. The van der Waals surface area contributed by atoms with E-state index in [4.69, 9.17) is 14.2 Å². The van der Waals surface area contributed by atoms with Gasteiger partial charge in [-0.25, -0.2) is 0 Å². The number of rotatable bonds is 18. The number of ether oxygens (including phenoxy) is 3. The lowest BCUT2D eigenvalue weighted by atomic mass is 9.96. The van der Waals surface area contributed by atoms with Gasteiger partial charge in [-0.05, 0) is 93.0 Å². The van der Waals surface area contributed by atoms with Crippen LogP contribution in [0, 0.1) is 6.92 Å². The highest BCUT2D eigenvalue weighted by molar-refractivity contribution is 5.81. The molecule has 45 heavy (non-hydrogen) atoms. The summed E-state index contributed by atoms with van der Waals surface area (Å²) < 4.78 is 17.1. The van der Waals surface area contributed by atoms with Gasteiger partial charge in [0.25, 0.3) is 0 Å².